The van der Waals surface area contributed by atoms with E-state index < -0.39 is 0 Å². The zero-order chi connectivity index (χ0) is 16.4. The fraction of sp³-hybridized carbons (Fsp3) is 0.611. The fourth-order valence-corrected chi connectivity index (χ4v) is 4.07. The molecule has 1 atom stereocenters. The van der Waals surface area contributed by atoms with E-state index in [9.17, 15) is 4.79 Å². The van der Waals surface area contributed by atoms with Gasteiger partial charge in [-0.1, -0.05) is 36.6 Å². The second-order valence-corrected chi connectivity index (χ2v) is 7.07. The summed E-state index contributed by atoms with van der Waals surface area (Å²) in [5.41, 5.74) is 1.87. The molecular weight excluding hydrogens is 304 g/mol. The van der Waals surface area contributed by atoms with Crippen LogP contribution in [-0.2, 0) is 16.1 Å². The molecule has 1 aliphatic heterocycles. The van der Waals surface area contributed by atoms with Crippen LogP contribution in [-0.4, -0.2) is 39.2 Å². The summed E-state index contributed by atoms with van der Waals surface area (Å²) in [6.07, 6.45) is 7.48. The lowest BCUT2D eigenvalue weighted by molar-refractivity contribution is -0.122. The molecule has 2 heterocycles. The molecule has 1 saturated carbocycles. The Labute approximate surface area is 141 Å². The Morgan fingerprint density at radius 1 is 1.29 bits per heavy atom. The summed E-state index contributed by atoms with van der Waals surface area (Å²) in [7, 11) is 0. The summed E-state index contributed by atoms with van der Waals surface area (Å²) in [6, 6.07) is 7.96. The van der Waals surface area contributed by atoms with E-state index in [1.54, 1.807) is 4.68 Å². The number of aryl methyl sites for hydroxylation is 1. The van der Waals surface area contributed by atoms with E-state index in [-0.39, 0.29) is 17.6 Å². The number of para-hydroxylation sites is 1. The molecular formula is C18H24N4O2. The predicted molar refractivity (Wildman–Crippen MR) is 90.5 cm³/mol. The predicted octanol–water partition coefficient (Wildman–Crippen LogP) is 2.43. The number of hydrogen-bond acceptors (Lipinski definition) is 4. The van der Waals surface area contributed by atoms with Crippen molar-refractivity contribution in [3.05, 3.63) is 24.3 Å². The molecule has 1 aromatic carbocycles. The average molecular weight is 328 g/mol. The van der Waals surface area contributed by atoms with Gasteiger partial charge in [0.2, 0.25) is 5.91 Å². The molecule has 24 heavy (non-hydrogen) atoms. The minimum atomic E-state index is 0.0400. The third-order valence-corrected chi connectivity index (χ3v) is 5.31. The van der Waals surface area contributed by atoms with Crippen LogP contribution in [0.3, 0.4) is 0 Å². The summed E-state index contributed by atoms with van der Waals surface area (Å²) >= 11 is 0. The Morgan fingerprint density at radius 2 is 2.12 bits per heavy atom. The number of carbonyl (C=O) groups is 1. The average Bonchev–Trinajstić information content (AvgIpc) is 3.18. The topological polar surface area (TPSA) is 69.0 Å². The summed E-state index contributed by atoms with van der Waals surface area (Å²) in [6.45, 7) is 1.20. The molecule has 1 amide bonds. The van der Waals surface area contributed by atoms with Crippen molar-refractivity contribution in [2.45, 2.75) is 63.1 Å². The van der Waals surface area contributed by atoms with Crippen LogP contribution in [0.1, 0.15) is 44.9 Å². The van der Waals surface area contributed by atoms with Gasteiger partial charge in [-0.15, -0.1) is 5.10 Å². The monoisotopic (exact) mass is 328 g/mol. The van der Waals surface area contributed by atoms with Gasteiger partial charge < -0.3 is 10.1 Å². The quantitative estimate of drug-likeness (QED) is 0.936. The Hall–Kier alpha value is -1.95. The number of aromatic nitrogens is 3. The first-order chi connectivity index (χ1) is 11.7. The Morgan fingerprint density at radius 3 is 3.00 bits per heavy atom. The lowest BCUT2D eigenvalue weighted by Gasteiger charge is -2.32. The molecule has 2 aromatic rings. The molecule has 1 aliphatic carbocycles. The molecule has 128 valence electrons. The number of fused-ring (bicyclic) bond motifs is 1. The van der Waals surface area contributed by atoms with E-state index in [1.165, 1.54) is 19.3 Å². The highest BCUT2D eigenvalue weighted by molar-refractivity contribution is 5.77. The Kier molecular flexibility index (Phi) is 4.22. The van der Waals surface area contributed by atoms with E-state index in [2.05, 4.69) is 15.6 Å². The van der Waals surface area contributed by atoms with Gasteiger partial charge in [0.1, 0.15) is 5.52 Å². The first kappa shape index (κ1) is 15.6. The molecule has 1 aromatic heterocycles. The van der Waals surface area contributed by atoms with E-state index >= 15 is 0 Å². The summed E-state index contributed by atoms with van der Waals surface area (Å²) in [4.78, 5) is 12.3. The minimum absolute atomic E-state index is 0.0400. The lowest BCUT2D eigenvalue weighted by Crippen LogP contribution is -2.37. The third-order valence-electron chi connectivity index (χ3n) is 5.31. The normalized spacial score (nSPS) is 22.9. The number of nitrogens with one attached hydrogen (secondary N) is 1. The fourth-order valence-electron chi connectivity index (χ4n) is 4.07. The Bertz CT molecular complexity index is 721. The van der Waals surface area contributed by atoms with Crippen molar-refractivity contribution in [3.63, 3.8) is 0 Å². The molecule has 0 bridgehead atoms. The van der Waals surface area contributed by atoms with Crippen molar-refractivity contribution in [3.8, 4) is 0 Å². The Balaban J connectivity index is 1.29. The van der Waals surface area contributed by atoms with Crippen LogP contribution in [0, 0.1) is 0 Å². The lowest BCUT2D eigenvalue weighted by atomic mass is 9.82. The standard InChI is InChI=1S/C18H24N4O2/c23-17(8-11-22-16-7-3-2-6-15(16)20-21-22)19-14-12-18(24-13-14)9-4-1-5-10-18/h2-3,6-7,14H,1,4-5,8-13H2,(H,19,23)/t14-/m0/s1. The minimum Gasteiger partial charge on any atom is -0.373 e. The van der Waals surface area contributed by atoms with E-state index in [4.69, 9.17) is 4.74 Å². The molecule has 6 heteroatoms. The molecule has 2 fully saturated rings. The maximum atomic E-state index is 12.3. The second kappa shape index (κ2) is 6.51. The van der Waals surface area contributed by atoms with E-state index in [0.29, 0.717) is 19.6 Å². The molecule has 6 nitrogen and oxygen atoms in total. The molecule has 2 aliphatic rings. The molecule has 1 saturated heterocycles. The van der Waals surface area contributed by atoms with Crippen molar-refractivity contribution < 1.29 is 9.53 Å². The van der Waals surface area contributed by atoms with Gasteiger partial charge in [-0.2, -0.15) is 0 Å². The van der Waals surface area contributed by atoms with Crippen molar-refractivity contribution in [2.24, 2.45) is 0 Å². The molecule has 1 N–H and O–H groups in total. The molecule has 1 spiro atoms. The number of ether oxygens (including phenoxy) is 1. The molecule has 4 rings (SSSR count). The van der Waals surface area contributed by atoms with E-state index in [1.807, 2.05) is 24.3 Å². The summed E-state index contributed by atoms with van der Waals surface area (Å²) < 4.78 is 7.86. The van der Waals surface area contributed by atoms with E-state index in [0.717, 1.165) is 30.3 Å². The highest BCUT2D eigenvalue weighted by atomic mass is 16.5. The highest BCUT2D eigenvalue weighted by Crippen LogP contribution is 2.39. The number of rotatable bonds is 4. The SMILES string of the molecule is O=C(CCn1nnc2ccccc21)N[C@@H]1COC2(CCCCC2)C1. The summed E-state index contributed by atoms with van der Waals surface area (Å²) in [5, 5.41) is 11.4. The van der Waals surface area contributed by atoms with Gasteiger partial charge >= 0.3 is 0 Å². The van der Waals surface area contributed by atoms with Crippen molar-refractivity contribution in [1.82, 2.24) is 20.3 Å². The van der Waals surface area contributed by atoms with Gasteiger partial charge in [0.05, 0.1) is 30.3 Å². The van der Waals surface area contributed by atoms with Crippen LogP contribution in [0.2, 0.25) is 0 Å². The number of nitrogens with zero attached hydrogens (tertiary/aromatic N) is 3. The van der Waals surface area contributed by atoms with Crippen LogP contribution in [0.25, 0.3) is 11.0 Å². The zero-order valence-electron chi connectivity index (χ0n) is 13.9. The van der Waals surface area contributed by atoms with Gasteiger partial charge in [-0.3, -0.25) is 4.79 Å². The smallest absolute Gasteiger partial charge is 0.222 e. The molecule has 0 radical (unpaired) electrons. The maximum absolute atomic E-state index is 12.3. The highest BCUT2D eigenvalue weighted by Gasteiger charge is 2.41. The van der Waals surface area contributed by atoms with Crippen LogP contribution in [0.5, 0.6) is 0 Å². The van der Waals surface area contributed by atoms with Gasteiger partial charge in [-0.05, 0) is 31.4 Å². The number of benzene rings is 1. The van der Waals surface area contributed by atoms with Crippen LogP contribution in [0.4, 0.5) is 0 Å². The van der Waals surface area contributed by atoms with Crippen LogP contribution < -0.4 is 5.32 Å². The second-order valence-electron chi connectivity index (χ2n) is 7.07. The van der Waals surface area contributed by atoms with Gasteiger partial charge in [-0.25, -0.2) is 4.68 Å². The summed E-state index contributed by atoms with van der Waals surface area (Å²) in [5.74, 6) is 0.0658. The maximum Gasteiger partial charge on any atom is 0.222 e. The third kappa shape index (κ3) is 3.15. The number of carbonyl (C=O) groups excluding carboxylic acids is 1. The van der Waals surface area contributed by atoms with Crippen LogP contribution in [0.15, 0.2) is 24.3 Å². The van der Waals surface area contributed by atoms with Crippen molar-refractivity contribution in [1.29, 1.82) is 0 Å². The largest absolute Gasteiger partial charge is 0.373 e. The molecule has 0 unspecified atom stereocenters. The number of hydrogen-bond donors (Lipinski definition) is 1. The van der Waals surface area contributed by atoms with Crippen molar-refractivity contribution >= 4 is 16.9 Å². The first-order valence-corrected chi connectivity index (χ1v) is 8.96. The van der Waals surface area contributed by atoms with Crippen molar-refractivity contribution in [2.75, 3.05) is 6.61 Å². The van der Waals surface area contributed by atoms with Gasteiger partial charge in [0.15, 0.2) is 0 Å². The van der Waals surface area contributed by atoms with Crippen LogP contribution >= 0.6 is 0 Å². The first-order valence-electron chi connectivity index (χ1n) is 8.96. The zero-order valence-corrected chi connectivity index (χ0v) is 13.9. The van der Waals surface area contributed by atoms with Gasteiger partial charge in [0, 0.05) is 6.42 Å². The number of amides is 1. The van der Waals surface area contributed by atoms with Gasteiger partial charge in [0.25, 0.3) is 0 Å².